The number of aromatic nitrogens is 1. The largest absolute Gasteiger partial charge is 0.486 e. The van der Waals surface area contributed by atoms with Gasteiger partial charge in [0.15, 0.2) is 0 Å². The monoisotopic (exact) mass is 299 g/mol. The summed E-state index contributed by atoms with van der Waals surface area (Å²) in [5.74, 6) is 0.744. The summed E-state index contributed by atoms with van der Waals surface area (Å²) in [7, 11) is 0. The van der Waals surface area contributed by atoms with Gasteiger partial charge in [-0.1, -0.05) is 36.4 Å². The zero-order valence-corrected chi connectivity index (χ0v) is 12.9. The highest BCUT2D eigenvalue weighted by molar-refractivity contribution is 7.09. The first kappa shape index (κ1) is 14.0. The second-order valence-corrected chi connectivity index (χ2v) is 6.09. The van der Waals surface area contributed by atoms with E-state index in [0.717, 1.165) is 32.8 Å². The number of ether oxygens (including phenoxy) is 1. The maximum Gasteiger partial charge on any atom is 0.133 e. The number of aliphatic hydroxyl groups is 1. The Balaban J connectivity index is 1.99. The molecule has 0 aliphatic carbocycles. The van der Waals surface area contributed by atoms with Gasteiger partial charge in [0, 0.05) is 16.3 Å². The first-order valence-electron chi connectivity index (χ1n) is 6.88. The van der Waals surface area contributed by atoms with Crippen LogP contribution in [0.4, 0.5) is 0 Å². The minimum atomic E-state index is -0.568. The Morgan fingerprint density at radius 3 is 2.76 bits per heavy atom. The molecule has 0 spiro atoms. The molecule has 0 aliphatic rings. The maximum atomic E-state index is 9.97. The molecule has 0 aliphatic heterocycles. The maximum absolute atomic E-state index is 9.97. The number of benzene rings is 2. The molecule has 0 amide bonds. The van der Waals surface area contributed by atoms with Crippen LogP contribution in [0.2, 0.25) is 0 Å². The molecular weight excluding hydrogens is 282 g/mol. The first-order chi connectivity index (χ1) is 10.1. The van der Waals surface area contributed by atoms with Crippen LogP contribution in [-0.4, -0.2) is 10.1 Å². The van der Waals surface area contributed by atoms with E-state index in [1.165, 1.54) is 0 Å². The van der Waals surface area contributed by atoms with Crippen molar-refractivity contribution in [1.29, 1.82) is 0 Å². The van der Waals surface area contributed by atoms with E-state index in [0.29, 0.717) is 6.61 Å². The van der Waals surface area contributed by atoms with E-state index in [1.807, 2.05) is 48.7 Å². The van der Waals surface area contributed by atoms with Gasteiger partial charge in [-0.3, -0.25) is 0 Å². The third-order valence-electron chi connectivity index (χ3n) is 3.39. The highest BCUT2D eigenvalue weighted by Crippen LogP contribution is 2.34. The van der Waals surface area contributed by atoms with Crippen molar-refractivity contribution < 1.29 is 9.84 Å². The molecule has 108 valence electrons. The van der Waals surface area contributed by atoms with Crippen molar-refractivity contribution in [3.05, 3.63) is 58.0 Å². The fraction of sp³-hybridized carbons (Fsp3) is 0.235. The van der Waals surface area contributed by atoms with Gasteiger partial charge in [0.05, 0.1) is 16.8 Å². The molecule has 3 rings (SSSR count). The van der Waals surface area contributed by atoms with Gasteiger partial charge in [-0.15, -0.1) is 11.3 Å². The summed E-state index contributed by atoms with van der Waals surface area (Å²) in [6, 6.07) is 12.0. The van der Waals surface area contributed by atoms with Crippen LogP contribution in [0.3, 0.4) is 0 Å². The minimum Gasteiger partial charge on any atom is -0.486 e. The zero-order chi connectivity index (χ0) is 14.8. The molecule has 0 fully saturated rings. The number of fused-ring (bicyclic) bond motifs is 1. The number of aliphatic hydroxyl groups excluding tert-OH is 1. The van der Waals surface area contributed by atoms with E-state index in [2.05, 4.69) is 4.98 Å². The van der Waals surface area contributed by atoms with Gasteiger partial charge < -0.3 is 9.84 Å². The van der Waals surface area contributed by atoms with Gasteiger partial charge in [-0.25, -0.2) is 4.98 Å². The molecule has 0 bridgehead atoms. The quantitative estimate of drug-likeness (QED) is 0.783. The lowest BCUT2D eigenvalue weighted by Gasteiger charge is -2.15. The summed E-state index contributed by atoms with van der Waals surface area (Å²) in [5, 5.41) is 15.1. The van der Waals surface area contributed by atoms with Crippen LogP contribution in [0.1, 0.15) is 29.3 Å². The smallest absolute Gasteiger partial charge is 0.133 e. The van der Waals surface area contributed by atoms with Crippen molar-refractivity contribution in [2.24, 2.45) is 0 Å². The molecule has 2 aromatic carbocycles. The molecule has 0 unspecified atom stereocenters. The summed E-state index contributed by atoms with van der Waals surface area (Å²) < 4.78 is 6.00. The summed E-state index contributed by atoms with van der Waals surface area (Å²) in [5.41, 5.74) is 1.72. The second kappa shape index (κ2) is 5.84. The van der Waals surface area contributed by atoms with Crippen LogP contribution >= 0.6 is 11.3 Å². The molecule has 0 radical (unpaired) electrons. The average Bonchev–Trinajstić information content (AvgIpc) is 2.90. The molecule has 1 heterocycles. The highest BCUT2D eigenvalue weighted by Gasteiger charge is 2.13. The van der Waals surface area contributed by atoms with E-state index in [1.54, 1.807) is 18.3 Å². The number of hydrogen-bond acceptors (Lipinski definition) is 4. The van der Waals surface area contributed by atoms with E-state index >= 15 is 0 Å². The van der Waals surface area contributed by atoms with Crippen LogP contribution in [-0.2, 0) is 6.61 Å². The van der Waals surface area contributed by atoms with Gasteiger partial charge in [0.2, 0.25) is 0 Å². The SMILES string of the molecule is Cc1nc(COc2c([C@H](C)O)ccc3ccccc23)cs1. The van der Waals surface area contributed by atoms with E-state index in [9.17, 15) is 5.11 Å². The summed E-state index contributed by atoms with van der Waals surface area (Å²) in [4.78, 5) is 4.41. The molecule has 4 heteroatoms. The Hall–Kier alpha value is -1.91. The Bertz CT molecular complexity index is 764. The number of nitrogens with zero attached hydrogens (tertiary/aromatic N) is 1. The van der Waals surface area contributed by atoms with Crippen molar-refractivity contribution in [3.63, 3.8) is 0 Å². The normalized spacial score (nSPS) is 12.5. The van der Waals surface area contributed by atoms with Gasteiger partial charge in [0.25, 0.3) is 0 Å². The van der Waals surface area contributed by atoms with Crippen molar-refractivity contribution in [2.75, 3.05) is 0 Å². The third kappa shape index (κ3) is 2.91. The number of hydrogen-bond donors (Lipinski definition) is 1. The Kier molecular flexibility index (Phi) is 3.90. The third-order valence-corrected chi connectivity index (χ3v) is 4.21. The van der Waals surface area contributed by atoms with Crippen LogP contribution in [0.5, 0.6) is 5.75 Å². The lowest BCUT2D eigenvalue weighted by atomic mass is 10.0. The van der Waals surface area contributed by atoms with Gasteiger partial charge >= 0.3 is 0 Å². The lowest BCUT2D eigenvalue weighted by molar-refractivity contribution is 0.190. The zero-order valence-electron chi connectivity index (χ0n) is 12.0. The summed E-state index contributed by atoms with van der Waals surface area (Å²) >= 11 is 1.61. The fourth-order valence-corrected chi connectivity index (χ4v) is 2.97. The van der Waals surface area contributed by atoms with Crippen LogP contribution < -0.4 is 4.74 Å². The van der Waals surface area contributed by atoms with Gasteiger partial charge in [-0.05, 0) is 19.2 Å². The number of rotatable bonds is 4. The van der Waals surface area contributed by atoms with Crippen molar-refractivity contribution >= 4 is 22.1 Å². The molecule has 1 aromatic heterocycles. The standard InChI is InChI=1S/C17H17NO2S/c1-11(19)15-8-7-13-5-3-4-6-16(13)17(15)20-9-14-10-21-12(2)18-14/h3-8,10-11,19H,9H2,1-2H3/t11-/m0/s1. The molecule has 1 N–H and O–H groups in total. The Morgan fingerprint density at radius 1 is 1.24 bits per heavy atom. The van der Waals surface area contributed by atoms with Crippen molar-refractivity contribution in [2.45, 2.75) is 26.6 Å². The highest BCUT2D eigenvalue weighted by atomic mass is 32.1. The predicted octanol–water partition coefficient (Wildman–Crippen LogP) is 4.24. The van der Waals surface area contributed by atoms with E-state index < -0.39 is 6.10 Å². The summed E-state index contributed by atoms with van der Waals surface area (Å²) in [6.45, 7) is 4.15. The van der Waals surface area contributed by atoms with Crippen molar-refractivity contribution in [1.82, 2.24) is 4.98 Å². The van der Waals surface area contributed by atoms with Gasteiger partial charge in [0.1, 0.15) is 12.4 Å². The predicted molar refractivity (Wildman–Crippen MR) is 85.8 cm³/mol. The summed E-state index contributed by atoms with van der Waals surface area (Å²) in [6.07, 6.45) is -0.568. The molecule has 3 nitrogen and oxygen atoms in total. The van der Waals surface area contributed by atoms with E-state index in [4.69, 9.17) is 4.74 Å². The van der Waals surface area contributed by atoms with Gasteiger partial charge in [-0.2, -0.15) is 0 Å². The molecular formula is C17H17NO2S. The lowest BCUT2D eigenvalue weighted by Crippen LogP contribution is -2.02. The molecule has 1 atom stereocenters. The molecule has 0 saturated carbocycles. The first-order valence-corrected chi connectivity index (χ1v) is 7.76. The minimum absolute atomic E-state index is 0.415. The number of thiazole rings is 1. The van der Waals surface area contributed by atoms with Crippen LogP contribution in [0, 0.1) is 6.92 Å². The Morgan fingerprint density at radius 2 is 2.05 bits per heavy atom. The Labute approximate surface area is 127 Å². The number of aryl methyl sites for hydroxylation is 1. The molecule has 3 aromatic rings. The molecule has 21 heavy (non-hydrogen) atoms. The van der Waals surface area contributed by atoms with Crippen molar-refractivity contribution in [3.8, 4) is 5.75 Å². The second-order valence-electron chi connectivity index (χ2n) is 5.03. The van der Waals surface area contributed by atoms with Crippen LogP contribution in [0.15, 0.2) is 41.8 Å². The topological polar surface area (TPSA) is 42.4 Å². The van der Waals surface area contributed by atoms with Crippen LogP contribution in [0.25, 0.3) is 10.8 Å². The average molecular weight is 299 g/mol. The molecule has 0 saturated heterocycles. The van der Waals surface area contributed by atoms with E-state index in [-0.39, 0.29) is 0 Å². The fourth-order valence-electron chi connectivity index (χ4n) is 2.37.